The van der Waals surface area contributed by atoms with E-state index in [2.05, 4.69) is 5.32 Å². The van der Waals surface area contributed by atoms with E-state index >= 15 is 0 Å². The highest BCUT2D eigenvalue weighted by molar-refractivity contribution is 7.89. The summed E-state index contributed by atoms with van der Waals surface area (Å²) < 4.78 is 64.8. The minimum absolute atomic E-state index is 0.0325. The number of esters is 1. The minimum Gasteiger partial charge on any atom is -0.497 e. The van der Waals surface area contributed by atoms with Gasteiger partial charge >= 0.3 is 5.97 Å². The number of hydrogen-bond acceptors (Lipinski definition) is 8. The molecule has 37 heavy (non-hydrogen) atoms. The molecule has 0 spiro atoms. The van der Waals surface area contributed by atoms with Crippen LogP contribution in [0.25, 0.3) is 0 Å². The lowest BCUT2D eigenvalue weighted by atomic mass is 10.2. The monoisotopic (exact) mass is 553 g/mol. The summed E-state index contributed by atoms with van der Waals surface area (Å²) in [5, 5.41) is 2.65. The maximum Gasteiger partial charge on any atom is 0.302 e. The Balaban J connectivity index is 1.85. The van der Waals surface area contributed by atoms with E-state index in [1.807, 2.05) is 0 Å². The quantitative estimate of drug-likeness (QED) is 0.441. The molecule has 1 amide bonds. The Kier molecular flexibility index (Phi) is 8.95. The number of rotatable bonds is 10. The summed E-state index contributed by atoms with van der Waals surface area (Å²) in [6.07, 6.45) is -0.835. The van der Waals surface area contributed by atoms with Gasteiger partial charge in [0, 0.05) is 32.1 Å². The van der Waals surface area contributed by atoms with Gasteiger partial charge in [0.1, 0.15) is 17.9 Å². The first kappa shape index (κ1) is 28.6. The summed E-state index contributed by atoms with van der Waals surface area (Å²) in [6.45, 7) is 5.15. The maximum atomic E-state index is 13.4. The predicted octanol–water partition coefficient (Wildman–Crippen LogP) is 2.06. The van der Waals surface area contributed by atoms with Crippen molar-refractivity contribution in [1.29, 1.82) is 0 Å². The van der Waals surface area contributed by atoms with E-state index in [4.69, 9.17) is 9.47 Å². The molecule has 1 saturated heterocycles. The van der Waals surface area contributed by atoms with Crippen LogP contribution >= 0.6 is 0 Å². The fourth-order valence-electron chi connectivity index (χ4n) is 4.12. The standard InChI is InChI=1S/C24H31N3O8S2/c1-5-26(6-2)36(30,31)21-11-7-18(8-12-21)25-24(29)23-15-20(35-17(3)28)16-27(23)37(32,33)22-13-9-19(34-4)10-14-22/h7-14,20,23H,5-6,15-16H2,1-4H3,(H,25,29)/t20-,23+/m1/s1. The molecular formula is C24H31N3O8S2. The third kappa shape index (κ3) is 6.29. The van der Waals surface area contributed by atoms with Crippen molar-refractivity contribution < 1.29 is 35.9 Å². The highest BCUT2D eigenvalue weighted by Gasteiger charge is 2.45. The minimum atomic E-state index is -4.12. The van der Waals surface area contributed by atoms with E-state index in [1.165, 1.54) is 66.9 Å². The average molecular weight is 554 g/mol. The van der Waals surface area contributed by atoms with Gasteiger partial charge in [-0.25, -0.2) is 16.8 Å². The summed E-state index contributed by atoms with van der Waals surface area (Å²) in [5.41, 5.74) is 0.293. The fourth-order valence-corrected chi connectivity index (χ4v) is 7.21. The van der Waals surface area contributed by atoms with Gasteiger partial charge in [-0.3, -0.25) is 9.59 Å². The van der Waals surface area contributed by atoms with Crippen LogP contribution in [-0.2, 0) is 34.4 Å². The topological polar surface area (TPSA) is 139 Å². The molecular weight excluding hydrogens is 522 g/mol. The van der Waals surface area contributed by atoms with Gasteiger partial charge < -0.3 is 14.8 Å². The first-order valence-electron chi connectivity index (χ1n) is 11.7. The lowest BCUT2D eigenvalue weighted by Crippen LogP contribution is -2.43. The lowest BCUT2D eigenvalue weighted by molar-refractivity contribution is -0.145. The fraction of sp³-hybridized carbons (Fsp3) is 0.417. The Morgan fingerprint density at radius 1 is 0.973 bits per heavy atom. The number of methoxy groups -OCH3 is 1. The third-order valence-corrected chi connectivity index (χ3v) is 9.94. The second-order valence-corrected chi connectivity index (χ2v) is 12.2. The summed E-state index contributed by atoms with van der Waals surface area (Å²) in [6, 6.07) is 10.2. The normalized spacial score (nSPS) is 18.5. The number of nitrogens with one attached hydrogen (secondary N) is 1. The number of carbonyl (C=O) groups excluding carboxylic acids is 2. The Labute approximate surface area is 217 Å². The van der Waals surface area contributed by atoms with E-state index in [0.29, 0.717) is 24.5 Å². The van der Waals surface area contributed by atoms with E-state index in [1.54, 1.807) is 13.8 Å². The lowest BCUT2D eigenvalue weighted by Gasteiger charge is -2.23. The molecule has 1 heterocycles. The van der Waals surface area contributed by atoms with Crippen molar-refractivity contribution in [2.75, 3.05) is 32.1 Å². The van der Waals surface area contributed by atoms with E-state index < -0.39 is 44.1 Å². The molecule has 0 saturated carbocycles. The van der Waals surface area contributed by atoms with Crippen LogP contribution in [0.15, 0.2) is 58.3 Å². The molecule has 2 atom stereocenters. The SMILES string of the molecule is CCN(CC)S(=O)(=O)c1ccc(NC(=O)[C@@H]2C[C@@H](OC(C)=O)CN2S(=O)(=O)c2ccc(OC)cc2)cc1. The molecule has 1 fully saturated rings. The largest absolute Gasteiger partial charge is 0.497 e. The van der Waals surface area contributed by atoms with E-state index in [-0.39, 0.29) is 22.8 Å². The number of ether oxygens (including phenoxy) is 2. The molecule has 3 rings (SSSR count). The van der Waals surface area contributed by atoms with E-state index in [9.17, 15) is 26.4 Å². The van der Waals surface area contributed by atoms with Gasteiger partial charge in [-0.05, 0) is 48.5 Å². The number of sulfonamides is 2. The van der Waals surface area contributed by atoms with Crippen molar-refractivity contribution in [3.05, 3.63) is 48.5 Å². The van der Waals surface area contributed by atoms with Crippen LogP contribution in [0.5, 0.6) is 5.75 Å². The van der Waals surface area contributed by atoms with Crippen molar-refractivity contribution in [2.45, 2.75) is 49.1 Å². The Bertz CT molecular complexity index is 1320. The molecule has 1 N–H and O–H groups in total. The first-order chi connectivity index (χ1) is 17.4. The van der Waals surface area contributed by atoms with Crippen molar-refractivity contribution in [2.24, 2.45) is 0 Å². The third-order valence-electron chi connectivity index (χ3n) is 5.98. The summed E-state index contributed by atoms with van der Waals surface area (Å²) >= 11 is 0. The number of carbonyl (C=O) groups is 2. The number of nitrogens with zero attached hydrogens (tertiary/aromatic N) is 2. The highest BCUT2D eigenvalue weighted by Crippen LogP contribution is 2.30. The zero-order valence-electron chi connectivity index (χ0n) is 21.1. The van der Waals surface area contributed by atoms with Crippen LogP contribution in [0.2, 0.25) is 0 Å². The molecule has 11 nitrogen and oxygen atoms in total. The molecule has 202 valence electrons. The Morgan fingerprint density at radius 2 is 1.54 bits per heavy atom. The predicted molar refractivity (Wildman–Crippen MR) is 136 cm³/mol. The molecule has 13 heteroatoms. The van der Waals surface area contributed by atoms with Gasteiger partial charge in [-0.2, -0.15) is 8.61 Å². The first-order valence-corrected chi connectivity index (χ1v) is 14.6. The number of benzene rings is 2. The Morgan fingerprint density at radius 3 is 2.05 bits per heavy atom. The van der Waals surface area contributed by atoms with Crippen molar-refractivity contribution in [3.8, 4) is 5.75 Å². The van der Waals surface area contributed by atoms with Crippen LogP contribution in [0.4, 0.5) is 5.69 Å². The Hall–Kier alpha value is -3.00. The van der Waals surface area contributed by atoms with Crippen LogP contribution in [0.3, 0.4) is 0 Å². The molecule has 0 aromatic heterocycles. The maximum absolute atomic E-state index is 13.4. The van der Waals surface area contributed by atoms with E-state index in [0.717, 1.165) is 4.31 Å². The number of hydrogen-bond donors (Lipinski definition) is 1. The molecule has 1 aliphatic heterocycles. The van der Waals surface area contributed by atoms with Crippen LogP contribution < -0.4 is 10.1 Å². The second-order valence-electron chi connectivity index (χ2n) is 8.34. The van der Waals surface area contributed by atoms with Crippen molar-refractivity contribution in [3.63, 3.8) is 0 Å². The smallest absolute Gasteiger partial charge is 0.302 e. The molecule has 0 unspecified atom stereocenters. The van der Waals surface area contributed by atoms with Gasteiger partial charge in [0.25, 0.3) is 0 Å². The average Bonchev–Trinajstić information content (AvgIpc) is 3.29. The van der Waals surface area contributed by atoms with Crippen molar-refractivity contribution in [1.82, 2.24) is 8.61 Å². The van der Waals surface area contributed by atoms with Gasteiger partial charge in [0.2, 0.25) is 26.0 Å². The molecule has 2 aromatic rings. The highest BCUT2D eigenvalue weighted by atomic mass is 32.2. The van der Waals surface area contributed by atoms with Crippen LogP contribution in [0, 0.1) is 0 Å². The van der Waals surface area contributed by atoms with Gasteiger partial charge in [-0.15, -0.1) is 0 Å². The van der Waals surface area contributed by atoms with Crippen LogP contribution in [-0.4, -0.2) is 76.2 Å². The van der Waals surface area contributed by atoms with Crippen LogP contribution in [0.1, 0.15) is 27.2 Å². The van der Waals surface area contributed by atoms with Crippen molar-refractivity contribution >= 4 is 37.6 Å². The molecule has 1 aliphatic rings. The number of anilines is 1. The van der Waals surface area contributed by atoms with Gasteiger partial charge in [0.05, 0.1) is 23.4 Å². The zero-order chi connectivity index (χ0) is 27.4. The molecule has 0 radical (unpaired) electrons. The van der Waals surface area contributed by atoms with Gasteiger partial charge in [-0.1, -0.05) is 13.8 Å². The summed E-state index contributed by atoms with van der Waals surface area (Å²) in [5.74, 6) is -0.747. The number of amides is 1. The molecule has 0 bridgehead atoms. The van der Waals surface area contributed by atoms with Gasteiger partial charge in [0.15, 0.2) is 0 Å². The zero-order valence-corrected chi connectivity index (χ0v) is 22.7. The summed E-state index contributed by atoms with van der Waals surface area (Å²) in [4.78, 5) is 24.8. The molecule has 2 aromatic carbocycles. The summed E-state index contributed by atoms with van der Waals surface area (Å²) in [7, 11) is -6.33. The second kappa shape index (κ2) is 11.6. The molecule has 0 aliphatic carbocycles.